The number of hydrogen-bond donors (Lipinski definition) is 2. The summed E-state index contributed by atoms with van der Waals surface area (Å²) < 4.78 is 12.0. The summed E-state index contributed by atoms with van der Waals surface area (Å²) in [5.41, 5.74) is 0.577. The fourth-order valence-corrected chi connectivity index (χ4v) is 7.51. The molecule has 4 unspecified atom stereocenters. The van der Waals surface area contributed by atoms with Crippen LogP contribution >= 0.6 is 0 Å². The van der Waals surface area contributed by atoms with Gasteiger partial charge in [0.05, 0.1) is 24.6 Å². The van der Waals surface area contributed by atoms with Gasteiger partial charge in [-0.2, -0.15) is 0 Å². The summed E-state index contributed by atoms with van der Waals surface area (Å²) in [6, 6.07) is 20.4. The quantitative estimate of drug-likeness (QED) is 0.221. The molecule has 0 bridgehead atoms. The number of aliphatic carboxylic acids is 1. The van der Waals surface area contributed by atoms with E-state index in [4.69, 9.17) is 9.47 Å². The molecule has 45 heavy (non-hydrogen) atoms. The number of carbonyl (C=O) groups excluding carboxylic acids is 3. The molecule has 234 valence electrons. The number of hydrogen-bond acceptors (Lipinski definition) is 7. The zero-order valence-corrected chi connectivity index (χ0v) is 25.5. The fourth-order valence-electron chi connectivity index (χ4n) is 7.51. The van der Waals surface area contributed by atoms with Crippen LogP contribution < -0.4 is 19.7 Å². The number of Topliss-reactive ketones (excluding diaryl/α,β-unsaturated/α-hetero) is 1. The standard InChI is InChI=1S/C36H38N2O7/c1-22(39)25-16-18-26(19-17-25)38-33(40)29-30(34(38)41)36(35(42)43,20-23-10-5-3-6-11-23)37-31(29)27-14-9-15-28(44-2)32(27)45-21-24-12-7-4-8-13-24/h4,7-9,12-19,23,29-31,37H,3,5-6,10-11,20-21H2,1-2H3,(H,42,43). The number of para-hydroxylation sites is 1. The van der Waals surface area contributed by atoms with Crippen molar-refractivity contribution in [2.45, 2.75) is 63.6 Å². The zero-order valence-electron chi connectivity index (χ0n) is 25.5. The molecule has 0 spiro atoms. The number of carboxylic acid groups (broad SMARTS) is 1. The Bertz CT molecular complexity index is 1600. The number of methoxy groups -OCH3 is 1. The van der Waals surface area contributed by atoms with Crippen molar-refractivity contribution in [1.82, 2.24) is 5.32 Å². The first-order chi connectivity index (χ1) is 21.7. The monoisotopic (exact) mass is 610 g/mol. The zero-order chi connectivity index (χ0) is 31.7. The molecule has 0 radical (unpaired) electrons. The number of amides is 2. The van der Waals surface area contributed by atoms with Gasteiger partial charge in [0.2, 0.25) is 11.8 Å². The topological polar surface area (TPSA) is 122 Å². The Morgan fingerprint density at radius 1 is 0.933 bits per heavy atom. The summed E-state index contributed by atoms with van der Waals surface area (Å²) in [6.07, 6.45) is 5.11. The third-order valence-corrected chi connectivity index (χ3v) is 9.69. The lowest BCUT2D eigenvalue weighted by Gasteiger charge is -2.35. The van der Waals surface area contributed by atoms with Crippen LogP contribution in [0.4, 0.5) is 5.69 Å². The Balaban J connectivity index is 1.45. The van der Waals surface area contributed by atoms with Crippen molar-refractivity contribution < 1.29 is 33.8 Å². The van der Waals surface area contributed by atoms with Crippen LogP contribution in [0.15, 0.2) is 72.8 Å². The Morgan fingerprint density at radius 3 is 2.29 bits per heavy atom. The summed E-state index contributed by atoms with van der Waals surface area (Å²) in [4.78, 5) is 55.2. The molecule has 9 heteroatoms. The van der Waals surface area contributed by atoms with Crippen molar-refractivity contribution in [3.8, 4) is 11.5 Å². The van der Waals surface area contributed by atoms with E-state index in [-0.39, 0.29) is 24.7 Å². The largest absolute Gasteiger partial charge is 0.493 e. The number of nitrogens with one attached hydrogen (secondary N) is 1. The molecule has 2 saturated heterocycles. The Kier molecular flexibility index (Phi) is 8.46. The third-order valence-electron chi connectivity index (χ3n) is 9.69. The Morgan fingerprint density at radius 2 is 1.64 bits per heavy atom. The van der Waals surface area contributed by atoms with E-state index in [1.807, 2.05) is 30.3 Å². The number of imide groups is 1. The number of nitrogens with zero attached hydrogens (tertiary/aromatic N) is 1. The lowest BCUT2D eigenvalue weighted by Crippen LogP contribution is -2.57. The highest BCUT2D eigenvalue weighted by Gasteiger charge is 2.69. The van der Waals surface area contributed by atoms with E-state index >= 15 is 0 Å². The van der Waals surface area contributed by atoms with Crippen molar-refractivity contribution in [2.24, 2.45) is 17.8 Å². The number of anilines is 1. The minimum atomic E-state index is -1.67. The fraction of sp³-hybridized carbons (Fsp3) is 0.389. The van der Waals surface area contributed by atoms with Gasteiger partial charge in [-0.1, -0.05) is 74.6 Å². The minimum absolute atomic E-state index is 0.104. The van der Waals surface area contributed by atoms with E-state index in [1.54, 1.807) is 42.5 Å². The normalized spacial score (nSPS) is 24.8. The number of fused-ring (bicyclic) bond motifs is 1. The number of ether oxygens (including phenoxy) is 2. The number of carbonyl (C=O) groups is 4. The van der Waals surface area contributed by atoms with E-state index in [0.29, 0.717) is 28.3 Å². The molecule has 2 N–H and O–H groups in total. The molecule has 3 aromatic rings. The van der Waals surface area contributed by atoms with Crippen molar-refractivity contribution >= 4 is 29.3 Å². The molecule has 1 saturated carbocycles. The predicted octanol–water partition coefficient (Wildman–Crippen LogP) is 5.72. The summed E-state index contributed by atoms with van der Waals surface area (Å²) in [7, 11) is 1.53. The van der Waals surface area contributed by atoms with Crippen molar-refractivity contribution in [3.63, 3.8) is 0 Å². The van der Waals surface area contributed by atoms with E-state index in [0.717, 1.165) is 42.6 Å². The number of carboxylic acids is 1. The van der Waals surface area contributed by atoms with E-state index < -0.39 is 41.2 Å². The lowest BCUT2D eigenvalue weighted by molar-refractivity contribution is -0.150. The summed E-state index contributed by atoms with van der Waals surface area (Å²) in [6.45, 7) is 1.67. The van der Waals surface area contributed by atoms with Gasteiger partial charge in [-0.05, 0) is 55.2 Å². The molecule has 3 fully saturated rings. The van der Waals surface area contributed by atoms with Crippen LogP contribution in [0.25, 0.3) is 0 Å². The second kappa shape index (κ2) is 12.5. The van der Waals surface area contributed by atoms with Gasteiger partial charge in [-0.15, -0.1) is 0 Å². The lowest BCUT2D eigenvalue weighted by atomic mass is 9.72. The number of ketones is 1. The van der Waals surface area contributed by atoms with Crippen LogP contribution in [-0.2, 0) is 21.0 Å². The smallest absolute Gasteiger partial charge is 0.324 e. The highest BCUT2D eigenvalue weighted by atomic mass is 16.5. The van der Waals surface area contributed by atoms with Crippen molar-refractivity contribution in [2.75, 3.05) is 12.0 Å². The molecule has 2 heterocycles. The minimum Gasteiger partial charge on any atom is -0.493 e. The van der Waals surface area contributed by atoms with Gasteiger partial charge >= 0.3 is 5.97 Å². The maximum absolute atomic E-state index is 14.4. The molecule has 1 aliphatic carbocycles. The highest BCUT2D eigenvalue weighted by molar-refractivity contribution is 6.24. The molecule has 3 aliphatic rings. The van der Waals surface area contributed by atoms with Gasteiger partial charge in [-0.3, -0.25) is 24.5 Å². The van der Waals surface area contributed by atoms with Gasteiger partial charge in [0, 0.05) is 17.2 Å². The van der Waals surface area contributed by atoms with E-state index in [2.05, 4.69) is 5.32 Å². The van der Waals surface area contributed by atoms with Crippen LogP contribution in [-0.4, -0.2) is 41.3 Å². The Labute approximate surface area is 262 Å². The first-order valence-electron chi connectivity index (χ1n) is 15.6. The molecule has 9 nitrogen and oxygen atoms in total. The van der Waals surface area contributed by atoms with Gasteiger partial charge in [0.1, 0.15) is 12.1 Å². The second-order valence-electron chi connectivity index (χ2n) is 12.4. The van der Waals surface area contributed by atoms with Crippen molar-refractivity contribution in [1.29, 1.82) is 0 Å². The van der Waals surface area contributed by atoms with Gasteiger partial charge in [-0.25, -0.2) is 4.90 Å². The van der Waals surface area contributed by atoms with Crippen molar-refractivity contribution in [3.05, 3.63) is 89.5 Å². The summed E-state index contributed by atoms with van der Waals surface area (Å²) in [5.74, 6) is -3.53. The van der Waals surface area contributed by atoms with Gasteiger partial charge in [0.25, 0.3) is 0 Å². The molecular formula is C36H38N2O7. The second-order valence-corrected chi connectivity index (χ2v) is 12.4. The van der Waals surface area contributed by atoms with E-state index in [9.17, 15) is 24.3 Å². The third kappa shape index (κ3) is 5.50. The molecule has 2 aliphatic heterocycles. The maximum Gasteiger partial charge on any atom is 0.324 e. The summed E-state index contributed by atoms with van der Waals surface area (Å²) >= 11 is 0. The molecular weight excluding hydrogens is 572 g/mol. The Hall–Kier alpha value is -4.50. The first kappa shape index (κ1) is 30.5. The molecule has 6 rings (SSSR count). The van der Waals surface area contributed by atoms with Crippen LogP contribution in [0.5, 0.6) is 11.5 Å². The molecule has 2 amide bonds. The van der Waals surface area contributed by atoms with Gasteiger partial charge in [0.15, 0.2) is 17.3 Å². The average Bonchev–Trinajstić information content (AvgIpc) is 3.53. The molecule has 3 aromatic carbocycles. The molecule has 0 aromatic heterocycles. The number of rotatable bonds is 10. The highest BCUT2D eigenvalue weighted by Crippen LogP contribution is 2.54. The van der Waals surface area contributed by atoms with E-state index in [1.165, 1.54) is 14.0 Å². The average molecular weight is 611 g/mol. The van der Waals surface area contributed by atoms with Crippen LogP contribution in [0.1, 0.15) is 73.0 Å². The maximum atomic E-state index is 14.4. The van der Waals surface area contributed by atoms with Gasteiger partial charge < -0.3 is 14.6 Å². The van der Waals surface area contributed by atoms with Crippen LogP contribution in [0.2, 0.25) is 0 Å². The molecule has 4 atom stereocenters. The number of benzene rings is 3. The summed E-state index contributed by atoms with van der Waals surface area (Å²) in [5, 5.41) is 14.3. The van der Waals surface area contributed by atoms with Crippen LogP contribution in [0.3, 0.4) is 0 Å². The van der Waals surface area contributed by atoms with Crippen LogP contribution in [0, 0.1) is 17.8 Å². The predicted molar refractivity (Wildman–Crippen MR) is 167 cm³/mol. The SMILES string of the molecule is COc1cccc(C2NC(CC3CCCCC3)(C(=O)O)C3C(=O)N(c4ccc(C(C)=O)cc4)C(=O)C23)c1OCc1ccccc1. The first-order valence-corrected chi connectivity index (χ1v) is 15.6.